The number of aryl methyl sites for hydroxylation is 1. The smallest absolute Gasteiger partial charge is 0.276 e. The van der Waals surface area contributed by atoms with Crippen molar-refractivity contribution in [3.8, 4) is 5.75 Å². The van der Waals surface area contributed by atoms with Crippen molar-refractivity contribution >= 4 is 22.6 Å². The lowest BCUT2D eigenvalue weighted by Crippen LogP contribution is -2.16. The van der Waals surface area contributed by atoms with Crippen LogP contribution < -0.4 is 15.2 Å². The van der Waals surface area contributed by atoms with Crippen molar-refractivity contribution in [1.82, 2.24) is 4.57 Å². The molecular formula is C18H23F2N3O4S. The van der Waals surface area contributed by atoms with E-state index in [1.165, 1.54) is 36.8 Å². The van der Waals surface area contributed by atoms with E-state index in [-0.39, 0.29) is 28.1 Å². The normalized spacial score (nSPS) is 14.9. The molecule has 10 heteroatoms. The molecule has 4 N–H and O–H groups in total. The largest absolute Gasteiger partial charge is 0.493 e. The monoisotopic (exact) mass is 415 g/mol. The molecule has 1 amide bonds. The first-order valence-corrected chi connectivity index (χ1v) is 9.79. The SMILES string of the molecule is COc1c(S(N)=O)cn(C)c1C(=O)Nc1ccc(F)c(F)c1.OC1CCCC1. The van der Waals surface area contributed by atoms with Crippen molar-refractivity contribution in [3.05, 3.63) is 41.7 Å². The Morgan fingerprint density at radius 2 is 1.96 bits per heavy atom. The van der Waals surface area contributed by atoms with Crippen LogP contribution in [0.25, 0.3) is 0 Å². The highest BCUT2D eigenvalue weighted by Gasteiger charge is 2.23. The summed E-state index contributed by atoms with van der Waals surface area (Å²) < 4.78 is 43.9. The van der Waals surface area contributed by atoms with Gasteiger partial charge in [0, 0.05) is 25.0 Å². The molecule has 1 saturated carbocycles. The van der Waals surface area contributed by atoms with E-state index in [1.807, 2.05) is 0 Å². The number of hydrogen-bond acceptors (Lipinski definition) is 4. The van der Waals surface area contributed by atoms with Gasteiger partial charge in [0.1, 0.15) is 15.9 Å². The Morgan fingerprint density at radius 3 is 2.43 bits per heavy atom. The summed E-state index contributed by atoms with van der Waals surface area (Å²) >= 11 is 0. The van der Waals surface area contributed by atoms with Gasteiger partial charge in [0.2, 0.25) is 0 Å². The number of nitrogens with two attached hydrogens (primary N) is 1. The van der Waals surface area contributed by atoms with Crippen LogP contribution in [0.15, 0.2) is 29.3 Å². The van der Waals surface area contributed by atoms with Gasteiger partial charge in [-0.15, -0.1) is 0 Å². The van der Waals surface area contributed by atoms with E-state index in [9.17, 15) is 17.8 Å². The number of aromatic nitrogens is 1. The maximum absolute atomic E-state index is 13.2. The Bertz CT molecular complexity index is 867. The van der Waals surface area contributed by atoms with Crippen molar-refractivity contribution in [2.24, 2.45) is 12.2 Å². The molecule has 154 valence electrons. The molecule has 0 aliphatic heterocycles. The van der Waals surface area contributed by atoms with Crippen LogP contribution in [0.3, 0.4) is 0 Å². The van der Waals surface area contributed by atoms with Crippen LogP contribution in [0.5, 0.6) is 5.75 Å². The van der Waals surface area contributed by atoms with E-state index in [4.69, 9.17) is 15.0 Å². The summed E-state index contributed by atoms with van der Waals surface area (Å²) in [6.45, 7) is 0. The predicted molar refractivity (Wildman–Crippen MR) is 101 cm³/mol. The van der Waals surface area contributed by atoms with Crippen LogP contribution in [-0.4, -0.2) is 33.0 Å². The summed E-state index contributed by atoms with van der Waals surface area (Å²) in [6, 6.07) is 2.96. The predicted octanol–water partition coefficient (Wildman–Crippen LogP) is 2.47. The molecule has 1 heterocycles. The summed E-state index contributed by atoms with van der Waals surface area (Å²) in [5.41, 5.74) is 0.128. The summed E-state index contributed by atoms with van der Waals surface area (Å²) in [6.07, 6.45) is 6.00. The number of methoxy groups -OCH3 is 1. The van der Waals surface area contributed by atoms with Gasteiger partial charge >= 0.3 is 0 Å². The maximum Gasteiger partial charge on any atom is 0.276 e. The van der Waals surface area contributed by atoms with Gasteiger partial charge in [-0.2, -0.15) is 0 Å². The van der Waals surface area contributed by atoms with Crippen molar-refractivity contribution in [2.45, 2.75) is 36.7 Å². The van der Waals surface area contributed by atoms with Crippen LogP contribution in [0.2, 0.25) is 0 Å². The molecular weight excluding hydrogens is 392 g/mol. The highest BCUT2D eigenvalue weighted by Crippen LogP contribution is 2.28. The maximum atomic E-state index is 13.2. The van der Waals surface area contributed by atoms with Crippen molar-refractivity contribution in [3.63, 3.8) is 0 Å². The van der Waals surface area contributed by atoms with Gasteiger partial charge in [0.25, 0.3) is 5.91 Å². The molecule has 1 aliphatic rings. The Balaban J connectivity index is 0.000000397. The summed E-state index contributed by atoms with van der Waals surface area (Å²) in [5, 5.41) is 16.5. The third kappa shape index (κ3) is 5.37. The topological polar surface area (TPSA) is 107 Å². The highest BCUT2D eigenvalue weighted by molar-refractivity contribution is 7.82. The second kappa shape index (κ2) is 9.76. The third-order valence-electron chi connectivity index (χ3n) is 4.24. The van der Waals surface area contributed by atoms with Gasteiger partial charge in [-0.05, 0) is 25.0 Å². The number of aliphatic hydroxyl groups excluding tert-OH is 1. The van der Waals surface area contributed by atoms with Crippen molar-refractivity contribution < 1.29 is 27.6 Å². The Morgan fingerprint density at radius 1 is 1.32 bits per heavy atom. The Labute approximate surface area is 164 Å². The van der Waals surface area contributed by atoms with Crippen molar-refractivity contribution in [1.29, 1.82) is 0 Å². The second-order valence-corrected chi connectivity index (χ2v) is 7.34. The Kier molecular flexibility index (Phi) is 7.67. The van der Waals surface area contributed by atoms with E-state index in [0.717, 1.165) is 25.0 Å². The number of carbonyl (C=O) groups excluding carboxylic acids is 1. The fourth-order valence-corrected chi connectivity index (χ4v) is 3.47. The minimum Gasteiger partial charge on any atom is -0.493 e. The number of ether oxygens (including phenoxy) is 1. The average Bonchev–Trinajstić information content (AvgIpc) is 3.24. The first-order valence-electron chi connectivity index (χ1n) is 8.58. The second-order valence-electron chi connectivity index (χ2n) is 6.30. The number of nitrogens with zero attached hydrogens (tertiary/aromatic N) is 1. The van der Waals surface area contributed by atoms with E-state index in [0.29, 0.717) is 0 Å². The van der Waals surface area contributed by atoms with Gasteiger partial charge in [-0.3, -0.25) is 4.79 Å². The van der Waals surface area contributed by atoms with Crippen molar-refractivity contribution in [2.75, 3.05) is 12.4 Å². The lowest BCUT2D eigenvalue weighted by Gasteiger charge is -2.09. The third-order valence-corrected chi connectivity index (χ3v) is 4.96. The number of benzene rings is 1. The van der Waals surface area contributed by atoms with Gasteiger partial charge in [0.05, 0.1) is 13.2 Å². The quantitative estimate of drug-likeness (QED) is 0.713. The summed E-state index contributed by atoms with van der Waals surface area (Å²) in [5.74, 6) is -2.68. The zero-order chi connectivity index (χ0) is 20.8. The zero-order valence-corrected chi connectivity index (χ0v) is 16.4. The zero-order valence-electron chi connectivity index (χ0n) is 15.6. The van der Waals surface area contributed by atoms with Gasteiger partial charge in [-0.25, -0.2) is 18.1 Å². The number of amides is 1. The standard InChI is InChI=1S/C13H13F2N3O3S.C5H10O/c1-18-6-10(22(16)20)12(21-2)11(18)13(19)17-7-3-4-8(14)9(15)5-7;6-5-3-1-2-4-5/h3-6H,16H2,1-2H3,(H,17,19);5-6H,1-4H2. The van der Waals surface area contributed by atoms with Crippen LogP contribution in [0.4, 0.5) is 14.5 Å². The molecule has 0 bridgehead atoms. The van der Waals surface area contributed by atoms with E-state index < -0.39 is 28.5 Å². The first-order chi connectivity index (χ1) is 13.2. The fourth-order valence-electron chi connectivity index (χ4n) is 2.85. The number of nitrogens with one attached hydrogen (secondary N) is 1. The molecule has 2 aromatic rings. The molecule has 1 aromatic carbocycles. The summed E-state index contributed by atoms with van der Waals surface area (Å²) in [7, 11) is 1.01. The molecule has 1 atom stereocenters. The molecule has 1 fully saturated rings. The number of hydrogen-bond donors (Lipinski definition) is 3. The molecule has 1 aliphatic carbocycles. The number of anilines is 1. The number of rotatable bonds is 4. The van der Waals surface area contributed by atoms with Gasteiger partial charge in [0.15, 0.2) is 23.1 Å². The number of aliphatic hydroxyl groups is 1. The minimum absolute atomic E-state index is 0.0463. The highest BCUT2D eigenvalue weighted by atomic mass is 32.2. The molecule has 1 aromatic heterocycles. The lowest BCUT2D eigenvalue weighted by atomic mass is 10.3. The fraction of sp³-hybridized carbons (Fsp3) is 0.389. The Hall–Kier alpha value is -2.30. The van der Waals surface area contributed by atoms with Crippen LogP contribution in [0.1, 0.15) is 36.2 Å². The summed E-state index contributed by atoms with van der Waals surface area (Å²) in [4.78, 5) is 12.4. The number of carbonyl (C=O) groups is 1. The van der Waals surface area contributed by atoms with Gasteiger partial charge < -0.3 is 19.7 Å². The molecule has 3 rings (SSSR count). The number of halogens is 2. The van der Waals surface area contributed by atoms with Crippen LogP contribution >= 0.6 is 0 Å². The van der Waals surface area contributed by atoms with E-state index in [1.54, 1.807) is 7.05 Å². The average molecular weight is 415 g/mol. The molecule has 0 radical (unpaired) electrons. The minimum atomic E-state index is -1.84. The van der Waals surface area contributed by atoms with Crippen LogP contribution in [-0.2, 0) is 18.0 Å². The van der Waals surface area contributed by atoms with E-state index >= 15 is 0 Å². The molecule has 28 heavy (non-hydrogen) atoms. The molecule has 1 unspecified atom stereocenters. The molecule has 0 saturated heterocycles. The van der Waals surface area contributed by atoms with E-state index in [2.05, 4.69) is 5.32 Å². The van der Waals surface area contributed by atoms with Crippen LogP contribution in [0, 0.1) is 11.6 Å². The van der Waals surface area contributed by atoms with Gasteiger partial charge in [-0.1, -0.05) is 12.8 Å². The lowest BCUT2D eigenvalue weighted by molar-refractivity contribution is 0.101. The molecule has 0 spiro atoms. The first kappa shape index (κ1) is 22.0. The molecule has 7 nitrogen and oxygen atoms in total.